The molecule has 0 radical (unpaired) electrons. The number of hydrogen-bond donors (Lipinski definition) is 1. The molecule has 0 saturated carbocycles. The van der Waals surface area contributed by atoms with E-state index in [1.54, 1.807) is 0 Å². The first-order valence-electron chi connectivity index (χ1n) is 7.50. The summed E-state index contributed by atoms with van der Waals surface area (Å²) in [4.78, 5) is 0. The summed E-state index contributed by atoms with van der Waals surface area (Å²) < 4.78 is 13.7. The van der Waals surface area contributed by atoms with E-state index in [4.69, 9.17) is 9.47 Å². The molecule has 0 bridgehead atoms. The first kappa shape index (κ1) is 15.5. The second kappa shape index (κ2) is 6.70. The summed E-state index contributed by atoms with van der Waals surface area (Å²) in [6, 6.07) is 2.46. The van der Waals surface area contributed by atoms with Gasteiger partial charge in [-0.3, -0.25) is 4.68 Å². The SMILES string of the molecule is CCC(C)n1ccc(COCC2CNCC(C)(C)O2)n1. The van der Waals surface area contributed by atoms with Gasteiger partial charge in [0.25, 0.3) is 0 Å². The highest BCUT2D eigenvalue weighted by Gasteiger charge is 2.28. The van der Waals surface area contributed by atoms with Gasteiger partial charge in [0.2, 0.25) is 0 Å². The van der Waals surface area contributed by atoms with Gasteiger partial charge in [-0.15, -0.1) is 0 Å². The lowest BCUT2D eigenvalue weighted by atomic mass is 10.1. The second-order valence-electron chi connectivity index (χ2n) is 6.19. The fourth-order valence-electron chi connectivity index (χ4n) is 2.34. The van der Waals surface area contributed by atoms with Crippen molar-refractivity contribution in [1.29, 1.82) is 0 Å². The lowest BCUT2D eigenvalue weighted by molar-refractivity contribution is -0.122. The molecule has 2 unspecified atom stereocenters. The van der Waals surface area contributed by atoms with Crippen LogP contribution in [0.15, 0.2) is 12.3 Å². The summed E-state index contributed by atoms with van der Waals surface area (Å²) in [6.07, 6.45) is 3.23. The Morgan fingerprint density at radius 3 is 3.10 bits per heavy atom. The van der Waals surface area contributed by atoms with Crippen molar-refractivity contribution in [2.45, 2.75) is 58.5 Å². The molecule has 5 nitrogen and oxygen atoms in total. The molecular formula is C15H27N3O2. The van der Waals surface area contributed by atoms with Crippen molar-refractivity contribution in [1.82, 2.24) is 15.1 Å². The van der Waals surface area contributed by atoms with Gasteiger partial charge in [0.15, 0.2) is 0 Å². The van der Waals surface area contributed by atoms with Crippen LogP contribution in [0.2, 0.25) is 0 Å². The molecule has 114 valence electrons. The third kappa shape index (κ3) is 4.30. The minimum atomic E-state index is -0.107. The van der Waals surface area contributed by atoms with Gasteiger partial charge in [-0.1, -0.05) is 6.92 Å². The minimum Gasteiger partial charge on any atom is -0.372 e. The molecule has 1 saturated heterocycles. The van der Waals surface area contributed by atoms with Crippen molar-refractivity contribution in [2.75, 3.05) is 19.7 Å². The minimum absolute atomic E-state index is 0.107. The highest BCUT2D eigenvalue weighted by atomic mass is 16.5. The number of nitrogens with one attached hydrogen (secondary N) is 1. The summed E-state index contributed by atoms with van der Waals surface area (Å²) >= 11 is 0. The van der Waals surface area contributed by atoms with E-state index in [1.807, 2.05) is 16.9 Å². The monoisotopic (exact) mass is 281 g/mol. The first-order chi connectivity index (χ1) is 9.50. The number of morpholine rings is 1. The predicted molar refractivity (Wildman–Crippen MR) is 78.7 cm³/mol. The van der Waals surface area contributed by atoms with Crippen molar-refractivity contribution in [3.63, 3.8) is 0 Å². The van der Waals surface area contributed by atoms with Gasteiger partial charge in [0.05, 0.1) is 30.6 Å². The van der Waals surface area contributed by atoms with Crippen LogP contribution in [0.25, 0.3) is 0 Å². The van der Waals surface area contributed by atoms with Gasteiger partial charge >= 0.3 is 0 Å². The normalized spacial score (nSPS) is 23.7. The van der Waals surface area contributed by atoms with Crippen LogP contribution in [0.3, 0.4) is 0 Å². The topological polar surface area (TPSA) is 48.3 Å². The molecule has 1 aromatic heterocycles. The van der Waals surface area contributed by atoms with E-state index >= 15 is 0 Å². The highest BCUT2D eigenvalue weighted by molar-refractivity contribution is 4.98. The quantitative estimate of drug-likeness (QED) is 0.868. The molecule has 1 fully saturated rings. The fourth-order valence-corrected chi connectivity index (χ4v) is 2.34. The molecule has 1 aliphatic heterocycles. The van der Waals surface area contributed by atoms with E-state index in [0.717, 1.165) is 25.2 Å². The average molecular weight is 281 g/mol. The largest absolute Gasteiger partial charge is 0.372 e. The molecule has 0 aliphatic carbocycles. The summed E-state index contributed by atoms with van der Waals surface area (Å²) in [6.45, 7) is 11.4. The molecule has 5 heteroatoms. The van der Waals surface area contributed by atoms with Crippen molar-refractivity contribution in [2.24, 2.45) is 0 Å². The molecule has 1 aliphatic rings. The van der Waals surface area contributed by atoms with Crippen LogP contribution in [0, 0.1) is 0 Å². The van der Waals surface area contributed by atoms with E-state index in [9.17, 15) is 0 Å². The zero-order valence-electron chi connectivity index (χ0n) is 13.1. The molecule has 0 aromatic carbocycles. The lowest BCUT2D eigenvalue weighted by Gasteiger charge is -2.36. The van der Waals surface area contributed by atoms with E-state index in [0.29, 0.717) is 19.3 Å². The Bertz CT molecular complexity index is 417. The maximum Gasteiger partial charge on any atom is 0.0940 e. The van der Waals surface area contributed by atoms with Gasteiger partial charge < -0.3 is 14.8 Å². The van der Waals surface area contributed by atoms with E-state index in [2.05, 4.69) is 38.1 Å². The summed E-state index contributed by atoms with van der Waals surface area (Å²) in [7, 11) is 0. The Labute approximate surface area is 121 Å². The third-order valence-electron chi connectivity index (χ3n) is 3.67. The molecule has 2 heterocycles. The number of hydrogen-bond acceptors (Lipinski definition) is 4. The van der Waals surface area contributed by atoms with Gasteiger partial charge in [0, 0.05) is 25.3 Å². The Hall–Kier alpha value is -0.910. The van der Waals surface area contributed by atoms with Crippen molar-refractivity contribution in [3.8, 4) is 0 Å². The van der Waals surface area contributed by atoms with Crippen molar-refractivity contribution >= 4 is 0 Å². The standard InChI is InChI=1S/C15H27N3O2/c1-5-12(2)18-7-6-13(17-18)9-19-10-14-8-16-11-15(3,4)20-14/h6-7,12,14,16H,5,8-11H2,1-4H3. The third-order valence-corrected chi connectivity index (χ3v) is 3.67. The highest BCUT2D eigenvalue weighted by Crippen LogP contribution is 2.16. The van der Waals surface area contributed by atoms with Crippen molar-refractivity contribution in [3.05, 3.63) is 18.0 Å². The maximum absolute atomic E-state index is 5.96. The predicted octanol–water partition coefficient (Wildman–Crippen LogP) is 2.14. The average Bonchev–Trinajstić information content (AvgIpc) is 2.85. The van der Waals surface area contributed by atoms with Gasteiger partial charge in [-0.25, -0.2) is 0 Å². The molecular weight excluding hydrogens is 254 g/mol. The Kier molecular flexibility index (Phi) is 5.18. The Morgan fingerprint density at radius 1 is 1.60 bits per heavy atom. The van der Waals surface area contributed by atoms with Gasteiger partial charge in [-0.05, 0) is 33.3 Å². The van der Waals surface area contributed by atoms with Crippen LogP contribution in [0.5, 0.6) is 0 Å². The zero-order valence-corrected chi connectivity index (χ0v) is 13.1. The molecule has 20 heavy (non-hydrogen) atoms. The summed E-state index contributed by atoms with van der Waals surface area (Å²) in [5.74, 6) is 0. The number of ether oxygens (including phenoxy) is 2. The Balaban J connectivity index is 1.74. The van der Waals surface area contributed by atoms with Crippen LogP contribution >= 0.6 is 0 Å². The second-order valence-corrected chi connectivity index (χ2v) is 6.19. The van der Waals surface area contributed by atoms with Crippen LogP contribution in [0.4, 0.5) is 0 Å². The van der Waals surface area contributed by atoms with Crippen LogP contribution in [-0.2, 0) is 16.1 Å². The molecule has 2 rings (SSSR count). The van der Waals surface area contributed by atoms with Crippen LogP contribution in [0.1, 0.15) is 45.9 Å². The Morgan fingerprint density at radius 2 is 2.40 bits per heavy atom. The molecule has 0 amide bonds. The number of aromatic nitrogens is 2. The smallest absolute Gasteiger partial charge is 0.0940 e. The summed E-state index contributed by atoms with van der Waals surface area (Å²) in [5, 5.41) is 7.90. The maximum atomic E-state index is 5.96. The molecule has 2 atom stereocenters. The molecule has 1 N–H and O–H groups in total. The summed E-state index contributed by atoms with van der Waals surface area (Å²) in [5.41, 5.74) is 0.873. The zero-order chi connectivity index (χ0) is 14.6. The van der Waals surface area contributed by atoms with E-state index in [-0.39, 0.29) is 11.7 Å². The van der Waals surface area contributed by atoms with Crippen LogP contribution in [-0.4, -0.2) is 41.2 Å². The number of nitrogens with zero attached hydrogens (tertiary/aromatic N) is 2. The van der Waals surface area contributed by atoms with Gasteiger partial charge in [0.1, 0.15) is 0 Å². The lowest BCUT2D eigenvalue weighted by Crippen LogP contribution is -2.51. The van der Waals surface area contributed by atoms with E-state index < -0.39 is 0 Å². The van der Waals surface area contributed by atoms with E-state index in [1.165, 1.54) is 0 Å². The molecule has 0 spiro atoms. The molecule has 1 aromatic rings. The number of rotatable bonds is 6. The van der Waals surface area contributed by atoms with Crippen LogP contribution < -0.4 is 5.32 Å². The fraction of sp³-hybridized carbons (Fsp3) is 0.800. The van der Waals surface area contributed by atoms with Crippen molar-refractivity contribution < 1.29 is 9.47 Å². The van der Waals surface area contributed by atoms with Gasteiger partial charge in [-0.2, -0.15) is 5.10 Å². The first-order valence-corrected chi connectivity index (χ1v) is 7.50.